The summed E-state index contributed by atoms with van der Waals surface area (Å²) in [6.07, 6.45) is 0.880. The van der Waals surface area contributed by atoms with E-state index in [0.29, 0.717) is 5.13 Å². The van der Waals surface area contributed by atoms with Gasteiger partial charge in [-0.05, 0) is 51.5 Å². The monoisotopic (exact) mass is 380 g/mol. The maximum absolute atomic E-state index is 12.3. The number of ether oxygens (including phenoxy) is 1. The molecule has 1 amide bonds. The Balaban J connectivity index is 1.92. The highest BCUT2D eigenvalue weighted by Gasteiger charge is 2.23. The number of aromatic nitrogens is 2. The van der Waals surface area contributed by atoms with Crippen molar-refractivity contribution in [3.8, 4) is 5.75 Å². The standard InChI is InChI=1S/C17H24N4O2S2/c1-6-17(3,4)19-14(22)11(2)24-16-21-20-15(25-16)18-12-7-9-13(23-5)10-8-12/h7-11H,6H2,1-5H3,(H,18,20)(H,19,22). The molecule has 2 rings (SSSR count). The minimum absolute atomic E-state index is 0.0108. The molecule has 0 spiro atoms. The number of nitrogens with one attached hydrogen (secondary N) is 2. The van der Waals surface area contributed by atoms with Gasteiger partial charge in [-0.15, -0.1) is 10.2 Å². The van der Waals surface area contributed by atoms with Crippen LogP contribution in [0.3, 0.4) is 0 Å². The number of benzene rings is 1. The quantitative estimate of drug-likeness (QED) is 0.672. The third-order valence-electron chi connectivity index (χ3n) is 3.74. The molecule has 1 unspecified atom stereocenters. The summed E-state index contributed by atoms with van der Waals surface area (Å²) in [5.74, 6) is 0.811. The molecule has 8 heteroatoms. The van der Waals surface area contributed by atoms with Crippen LogP contribution in [0.2, 0.25) is 0 Å². The third-order valence-corrected chi connectivity index (χ3v) is 5.76. The maximum atomic E-state index is 12.3. The molecular weight excluding hydrogens is 356 g/mol. The van der Waals surface area contributed by atoms with Crippen LogP contribution in [0.1, 0.15) is 34.1 Å². The number of amides is 1. The maximum Gasteiger partial charge on any atom is 0.233 e. The van der Waals surface area contributed by atoms with Gasteiger partial charge < -0.3 is 15.4 Å². The van der Waals surface area contributed by atoms with Crippen molar-refractivity contribution in [1.29, 1.82) is 0 Å². The van der Waals surface area contributed by atoms with E-state index in [1.54, 1.807) is 7.11 Å². The molecule has 0 saturated heterocycles. The van der Waals surface area contributed by atoms with Gasteiger partial charge in [0.15, 0.2) is 4.34 Å². The van der Waals surface area contributed by atoms with Crippen molar-refractivity contribution in [2.75, 3.05) is 12.4 Å². The van der Waals surface area contributed by atoms with Gasteiger partial charge in [0.05, 0.1) is 12.4 Å². The molecule has 2 aromatic rings. The van der Waals surface area contributed by atoms with Crippen molar-refractivity contribution in [1.82, 2.24) is 15.5 Å². The number of hydrogen-bond donors (Lipinski definition) is 2. The Bertz CT molecular complexity index is 701. The zero-order valence-corrected chi connectivity index (χ0v) is 16.8. The van der Waals surface area contributed by atoms with Crippen LogP contribution >= 0.6 is 23.1 Å². The van der Waals surface area contributed by atoms with Gasteiger partial charge >= 0.3 is 0 Å². The van der Waals surface area contributed by atoms with Gasteiger partial charge in [-0.1, -0.05) is 30.0 Å². The lowest BCUT2D eigenvalue weighted by molar-refractivity contribution is -0.121. The molecule has 25 heavy (non-hydrogen) atoms. The number of methoxy groups -OCH3 is 1. The van der Waals surface area contributed by atoms with Crippen molar-refractivity contribution in [2.24, 2.45) is 0 Å². The largest absolute Gasteiger partial charge is 0.497 e. The fraction of sp³-hybridized carbons (Fsp3) is 0.471. The van der Waals surface area contributed by atoms with Gasteiger partial charge in [0.25, 0.3) is 0 Å². The lowest BCUT2D eigenvalue weighted by atomic mass is 10.0. The number of carbonyl (C=O) groups excluding carboxylic acids is 1. The van der Waals surface area contributed by atoms with Crippen LogP contribution in [0.25, 0.3) is 0 Å². The number of carbonyl (C=O) groups is 1. The molecule has 0 saturated carbocycles. The van der Waals surface area contributed by atoms with E-state index >= 15 is 0 Å². The summed E-state index contributed by atoms with van der Waals surface area (Å²) in [5.41, 5.74) is 0.706. The van der Waals surface area contributed by atoms with Gasteiger partial charge in [0.2, 0.25) is 11.0 Å². The van der Waals surface area contributed by atoms with E-state index in [4.69, 9.17) is 4.74 Å². The fourth-order valence-electron chi connectivity index (χ4n) is 1.83. The van der Waals surface area contributed by atoms with E-state index in [2.05, 4.69) is 27.8 Å². The molecular formula is C17H24N4O2S2. The molecule has 1 aromatic carbocycles. The number of thioether (sulfide) groups is 1. The second-order valence-corrected chi connectivity index (χ2v) is 8.78. The second-order valence-electron chi connectivity index (χ2n) is 6.21. The van der Waals surface area contributed by atoms with Crippen molar-refractivity contribution in [3.63, 3.8) is 0 Å². The smallest absolute Gasteiger partial charge is 0.233 e. The Morgan fingerprint density at radius 2 is 2.00 bits per heavy atom. The van der Waals surface area contributed by atoms with Gasteiger partial charge in [0.1, 0.15) is 5.75 Å². The Labute approximate surface area is 156 Å². The van der Waals surface area contributed by atoms with E-state index < -0.39 is 0 Å². The van der Waals surface area contributed by atoms with Crippen LogP contribution in [-0.2, 0) is 4.79 Å². The van der Waals surface area contributed by atoms with Crippen molar-refractivity contribution in [2.45, 2.75) is 49.2 Å². The number of nitrogens with zero attached hydrogens (tertiary/aromatic N) is 2. The van der Waals surface area contributed by atoms with E-state index in [9.17, 15) is 4.79 Å². The summed E-state index contributed by atoms with van der Waals surface area (Å²) >= 11 is 2.84. The van der Waals surface area contributed by atoms with E-state index in [-0.39, 0.29) is 16.7 Å². The van der Waals surface area contributed by atoms with Gasteiger partial charge in [-0.2, -0.15) is 0 Å². The predicted molar refractivity (Wildman–Crippen MR) is 104 cm³/mol. The molecule has 2 N–H and O–H groups in total. The summed E-state index contributed by atoms with van der Waals surface area (Å²) < 4.78 is 5.90. The zero-order valence-electron chi connectivity index (χ0n) is 15.1. The first kappa shape index (κ1) is 19.5. The van der Waals surface area contributed by atoms with Gasteiger partial charge in [-0.3, -0.25) is 4.79 Å². The van der Waals surface area contributed by atoms with E-state index in [0.717, 1.165) is 22.2 Å². The molecule has 0 bridgehead atoms. The van der Waals surface area contributed by atoms with Crippen LogP contribution in [0.5, 0.6) is 5.75 Å². The predicted octanol–water partition coefficient (Wildman–Crippen LogP) is 4.08. The molecule has 1 aromatic heterocycles. The van der Waals surface area contributed by atoms with Crippen molar-refractivity contribution < 1.29 is 9.53 Å². The minimum Gasteiger partial charge on any atom is -0.497 e. The van der Waals surface area contributed by atoms with Crippen LogP contribution in [0.4, 0.5) is 10.8 Å². The fourth-order valence-corrected chi connectivity index (χ4v) is 3.75. The first-order valence-corrected chi connectivity index (χ1v) is 9.76. The lowest BCUT2D eigenvalue weighted by Crippen LogP contribution is -2.46. The average molecular weight is 381 g/mol. The Hall–Kier alpha value is -1.80. The van der Waals surface area contributed by atoms with Crippen LogP contribution in [0, 0.1) is 0 Å². The Morgan fingerprint density at radius 3 is 2.60 bits per heavy atom. The molecule has 6 nitrogen and oxygen atoms in total. The first-order valence-electron chi connectivity index (χ1n) is 8.06. The highest BCUT2D eigenvalue weighted by atomic mass is 32.2. The van der Waals surface area contributed by atoms with Gasteiger partial charge in [-0.25, -0.2) is 0 Å². The highest BCUT2D eigenvalue weighted by Crippen LogP contribution is 2.31. The number of rotatable bonds is 8. The summed E-state index contributed by atoms with van der Waals surface area (Å²) in [7, 11) is 1.63. The lowest BCUT2D eigenvalue weighted by Gasteiger charge is -2.26. The van der Waals surface area contributed by atoms with Crippen LogP contribution in [-0.4, -0.2) is 34.0 Å². The molecule has 1 heterocycles. The zero-order chi connectivity index (χ0) is 18.4. The summed E-state index contributed by atoms with van der Waals surface area (Å²) in [6.45, 7) is 7.97. The van der Waals surface area contributed by atoms with E-state index in [1.807, 2.05) is 45.0 Å². The van der Waals surface area contributed by atoms with Crippen LogP contribution < -0.4 is 15.4 Å². The second kappa shape index (κ2) is 8.53. The van der Waals surface area contributed by atoms with E-state index in [1.165, 1.54) is 23.1 Å². The molecule has 0 fully saturated rings. The van der Waals surface area contributed by atoms with Crippen LogP contribution in [0.15, 0.2) is 28.6 Å². The summed E-state index contributed by atoms with van der Waals surface area (Å²) in [6, 6.07) is 7.58. The molecule has 1 atom stereocenters. The molecule has 136 valence electrons. The normalized spacial score (nSPS) is 12.5. The third kappa shape index (κ3) is 5.89. The van der Waals surface area contributed by atoms with Crippen molar-refractivity contribution in [3.05, 3.63) is 24.3 Å². The van der Waals surface area contributed by atoms with Gasteiger partial charge in [0, 0.05) is 11.2 Å². The summed E-state index contributed by atoms with van der Waals surface area (Å²) in [5, 5.41) is 15.0. The molecule has 0 aliphatic heterocycles. The Kier molecular flexibility index (Phi) is 6.66. The topological polar surface area (TPSA) is 76.1 Å². The highest BCUT2D eigenvalue weighted by molar-refractivity contribution is 8.02. The molecule has 0 aliphatic carbocycles. The SMILES string of the molecule is CCC(C)(C)NC(=O)C(C)Sc1nnc(Nc2ccc(OC)cc2)s1. The number of anilines is 2. The minimum atomic E-state index is -0.229. The molecule has 0 radical (unpaired) electrons. The molecule has 0 aliphatic rings. The van der Waals surface area contributed by atoms with Crippen molar-refractivity contribution >= 4 is 39.8 Å². The average Bonchev–Trinajstić information content (AvgIpc) is 3.02. The Morgan fingerprint density at radius 1 is 1.32 bits per heavy atom. The first-order chi connectivity index (χ1) is 11.8. The number of hydrogen-bond acceptors (Lipinski definition) is 7. The summed E-state index contributed by atoms with van der Waals surface area (Å²) in [4.78, 5) is 12.3.